The minimum atomic E-state index is 0.956. The monoisotopic (exact) mass is 262 g/mol. The molecule has 0 unspecified atom stereocenters. The van der Waals surface area contributed by atoms with Gasteiger partial charge in [-0.15, -0.1) is 0 Å². The molecular weight excluding hydrogens is 244 g/mol. The van der Waals surface area contributed by atoms with Crippen molar-refractivity contribution in [3.8, 4) is 11.1 Å². The second-order valence-corrected chi connectivity index (χ2v) is 5.54. The van der Waals surface area contributed by atoms with E-state index in [0.717, 1.165) is 19.6 Å². The first kappa shape index (κ1) is 11.7. The van der Waals surface area contributed by atoms with Crippen LogP contribution in [0.25, 0.3) is 22.0 Å². The standard InChI is InChI=1S/C18H18N2/c1-13-7-8-16-15(11-13)18(14-5-3-2-4-6-14)17-12-19-9-10-20(16)17/h2-8,11,19H,9-10,12H2,1H3. The van der Waals surface area contributed by atoms with Crippen molar-refractivity contribution in [3.05, 3.63) is 59.8 Å². The summed E-state index contributed by atoms with van der Waals surface area (Å²) in [5.74, 6) is 0. The summed E-state index contributed by atoms with van der Waals surface area (Å²) in [7, 11) is 0. The van der Waals surface area contributed by atoms with Crippen LogP contribution in [0, 0.1) is 6.92 Å². The molecule has 3 aromatic rings. The van der Waals surface area contributed by atoms with Gasteiger partial charge in [0.2, 0.25) is 0 Å². The minimum Gasteiger partial charge on any atom is -0.341 e. The van der Waals surface area contributed by atoms with Crippen molar-refractivity contribution < 1.29 is 0 Å². The largest absolute Gasteiger partial charge is 0.341 e. The quantitative estimate of drug-likeness (QED) is 0.707. The number of fused-ring (bicyclic) bond motifs is 3. The number of nitrogens with zero attached hydrogens (tertiary/aromatic N) is 1. The molecule has 0 saturated heterocycles. The Balaban J connectivity index is 2.10. The molecule has 1 aliphatic rings. The van der Waals surface area contributed by atoms with E-state index in [2.05, 4.69) is 65.3 Å². The van der Waals surface area contributed by atoms with E-state index in [0.29, 0.717) is 0 Å². The molecule has 2 heterocycles. The Morgan fingerprint density at radius 1 is 1.05 bits per heavy atom. The zero-order valence-corrected chi connectivity index (χ0v) is 11.7. The van der Waals surface area contributed by atoms with Gasteiger partial charge in [-0.25, -0.2) is 0 Å². The number of aryl methyl sites for hydroxylation is 1. The summed E-state index contributed by atoms with van der Waals surface area (Å²) >= 11 is 0. The Morgan fingerprint density at radius 3 is 2.75 bits per heavy atom. The summed E-state index contributed by atoms with van der Waals surface area (Å²) < 4.78 is 2.48. The van der Waals surface area contributed by atoms with Gasteiger partial charge in [-0.3, -0.25) is 0 Å². The lowest BCUT2D eigenvalue weighted by molar-refractivity contribution is 0.528. The summed E-state index contributed by atoms with van der Waals surface area (Å²) in [6.07, 6.45) is 0. The van der Waals surface area contributed by atoms with Crippen LogP contribution in [-0.4, -0.2) is 11.1 Å². The Labute approximate surface area is 119 Å². The molecule has 0 amide bonds. The number of rotatable bonds is 1. The lowest BCUT2D eigenvalue weighted by Gasteiger charge is -2.18. The molecule has 2 nitrogen and oxygen atoms in total. The van der Waals surface area contributed by atoms with Crippen molar-refractivity contribution in [2.75, 3.05) is 6.54 Å². The average molecular weight is 262 g/mol. The SMILES string of the molecule is Cc1ccc2c(c1)c(-c1ccccc1)c1n2CCNC1. The Kier molecular flexibility index (Phi) is 2.64. The molecule has 1 N–H and O–H groups in total. The third-order valence-corrected chi connectivity index (χ3v) is 4.19. The van der Waals surface area contributed by atoms with Crippen molar-refractivity contribution in [2.45, 2.75) is 20.0 Å². The lowest BCUT2D eigenvalue weighted by Crippen LogP contribution is -2.27. The van der Waals surface area contributed by atoms with Crippen LogP contribution < -0.4 is 5.32 Å². The Morgan fingerprint density at radius 2 is 1.90 bits per heavy atom. The van der Waals surface area contributed by atoms with Crippen LogP contribution in [0.3, 0.4) is 0 Å². The van der Waals surface area contributed by atoms with Gasteiger partial charge in [0, 0.05) is 41.8 Å². The zero-order valence-electron chi connectivity index (χ0n) is 11.7. The molecule has 0 spiro atoms. The summed E-state index contributed by atoms with van der Waals surface area (Å²) in [5.41, 5.74) is 6.83. The molecule has 0 radical (unpaired) electrons. The maximum Gasteiger partial charge on any atom is 0.0490 e. The molecule has 100 valence electrons. The molecule has 2 heteroatoms. The van der Waals surface area contributed by atoms with Crippen molar-refractivity contribution in [1.29, 1.82) is 0 Å². The molecular formula is C18H18N2. The number of aromatic nitrogens is 1. The first-order chi connectivity index (χ1) is 9.84. The Hall–Kier alpha value is -2.06. The fraction of sp³-hybridized carbons (Fsp3) is 0.222. The summed E-state index contributed by atoms with van der Waals surface area (Å²) in [5, 5.41) is 4.89. The highest BCUT2D eigenvalue weighted by Gasteiger charge is 2.20. The number of hydrogen-bond donors (Lipinski definition) is 1. The summed E-state index contributed by atoms with van der Waals surface area (Å²) in [4.78, 5) is 0. The second-order valence-electron chi connectivity index (χ2n) is 5.54. The van der Waals surface area contributed by atoms with Crippen LogP contribution in [0.2, 0.25) is 0 Å². The molecule has 20 heavy (non-hydrogen) atoms. The second kappa shape index (κ2) is 4.50. The molecule has 1 aromatic heterocycles. The van der Waals surface area contributed by atoms with Gasteiger partial charge >= 0.3 is 0 Å². The van der Waals surface area contributed by atoms with Gasteiger partial charge in [0.25, 0.3) is 0 Å². The van der Waals surface area contributed by atoms with Gasteiger partial charge in [0.1, 0.15) is 0 Å². The van der Waals surface area contributed by atoms with Gasteiger partial charge in [-0.05, 0) is 24.6 Å². The van der Waals surface area contributed by atoms with Gasteiger partial charge in [0.05, 0.1) is 0 Å². The van der Waals surface area contributed by atoms with Crippen molar-refractivity contribution in [3.63, 3.8) is 0 Å². The van der Waals surface area contributed by atoms with Crippen molar-refractivity contribution in [1.82, 2.24) is 9.88 Å². The van der Waals surface area contributed by atoms with E-state index in [-0.39, 0.29) is 0 Å². The fourth-order valence-corrected chi connectivity index (χ4v) is 3.29. The van der Waals surface area contributed by atoms with Crippen LogP contribution in [-0.2, 0) is 13.1 Å². The first-order valence-corrected chi connectivity index (χ1v) is 7.22. The minimum absolute atomic E-state index is 0.956. The van der Waals surface area contributed by atoms with Crippen LogP contribution >= 0.6 is 0 Å². The van der Waals surface area contributed by atoms with E-state index in [1.807, 2.05) is 0 Å². The average Bonchev–Trinajstić information content (AvgIpc) is 2.81. The number of benzene rings is 2. The van der Waals surface area contributed by atoms with E-state index in [1.54, 1.807) is 0 Å². The van der Waals surface area contributed by atoms with Crippen molar-refractivity contribution in [2.24, 2.45) is 0 Å². The molecule has 0 fully saturated rings. The third kappa shape index (κ3) is 1.69. The molecule has 0 bridgehead atoms. The van der Waals surface area contributed by atoms with E-state index in [4.69, 9.17) is 0 Å². The van der Waals surface area contributed by atoms with E-state index < -0.39 is 0 Å². The molecule has 0 atom stereocenters. The smallest absolute Gasteiger partial charge is 0.0490 e. The molecule has 1 aliphatic heterocycles. The van der Waals surface area contributed by atoms with Crippen LogP contribution in [0.1, 0.15) is 11.3 Å². The van der Waals surface area contributed by atoms with E-state index in [1.165, 1.54) is 33.3 Å². The topological polar surface area (TPSA) is 17.0 Å². The first-order valence-electron chi connectivity index (χ1n) is 7.22. The van der Waals surface area contributed by atoms with Gasteiger partial charge in [0.15, 0.2) is 0 Å². The highest BCUT2D eigenvalue weighted by molar-refractivity contribution is 5.98. The normalized spacial score (nSPS) is 14.4. The summed E-state index contributed by atoms with van der Waals surface area (Å²) in [6, 6.07) is 17.6. The maximum atomic E-state index is 3.51. The Bertz CT molecular complexity index is 769. The fourth-order valence-electron chi connectivity index (χ4n) is 3.29. The van der Waals surface area contributed by atoms with Gasteiger partial charge in [-0.1, -0.05) is 42.0 Å². The van der Waals surface area contributed by atoms with Crippen LogP contribution in [0.15, 0.2) is 48.5 Å². The summed E-state index contributed by atoms with van der Waals surface area (Å²) in [6.45, 7) is 5.24. The predicted octanol–water partition coefficient (Wildman–Crippen LogP) is 3.72. The van der Waals surface area contributed by atoms with Crippen LogP contribution in [0.4, 0.5) is 0 Å². The highest BCUT2D eigenvalue weighted by Crippen LogP contribution is 2.36. The zero-order chi connectivity index (χ0) is 13.5. The number of hydrogen-bond acceptors (Lipinski definition) is 1. The molecule has 4 rings (SSSR count). The molecule has 0 saturated carbocycles. The third-order valence-electron chi connectivity index (χ3n) is 4.19. The van der Waals surface area contributed by atoms with E-state index in [9.17, 15) is 0 Å². The number of nitrogens with one attached hydrogen (secondary N) is 1. The van der Waals surface area contributed by atoms with Crippen molar-refractivity contribution >= 4 is 10.9 Å². The van der Waals surface area contributed by atoms with Gasteiger partial charge in [-0.2, -0.15) is 0 Å². The van der Waals surface area contributed by atoms with E-state index >= 15 is 0 Å². The predicted molar refractivity (Wildman–Crippen MR) is 83.8 cm³/mol. The molecule has 2 aromatic carbocycles. The highest BCUT2D eigenvalue weighted by atomic mass is 15.1. The van der Waals surface area contributed by atoms with Gasteiger partial charge < -0.3 is 9.88 Å². The van der Waals surface area contributed by atoms with Crippen LogP contribution in [0.5, 0.6) is 0 Å². The maximum absolute atomic E-state index is 3.51. The lowest BCUT2D eigenvalue weighted by atomic mass is 10.0. The molecule has 0 aliphatic carbocycles.